The highest BCUT2D eigenvalue weighted by Crippen LogP contribution is 2.34. The van der Waals surface area contributed by atoms with Gasteiger partial charge in [-0.25, -0.2) is 9.67 Å². The quantitative estimate of drug-likeness (QED) is 0.625. The second kappa shape index (κ2) is 7.80. The zero-order valence-corrected chi connectivity index (χ0v) is 15.4. The Balaban J connectivity index is 2.35. The third-order valence-electron chi connectivity index (χ3n) is 4.08. The second-order valence-electron chi connectivity index (χ2n) is 6.33. The molecule has 0 radical (unpaired) electrons. The molecule has 8 heteroatoms. The Hall–Kier alpha value is -2.51. The molecule has 0 spiro atoms. The van der Waals surface area contributed by atoms with Crippen LogP contribution in [0.4, 0.5) is 13.2 Å². The van der Waals surface area contributed by atoms with Crippen LogP contribution in [0.5, 0.6) is 0 Å². The molecule has 5 nitrogen and oxygen atoms in total. The van der Waals surface area contributed by atoms with Crippen LogP contribution in [-0.2, 0) is 12.7 Å². The van der Waals surface area contributed by atoms with Gasteiger partial charge >= 0.3 is 6.18 Å². The largest absolute Gasteiger partial charge is 0.416 e. The van der Waals surface area contributed by atoms with Gasteiger partial charge in [-0.1, -0.05) is 13.0 Å². The number of nitrogens with zero attached hydrogens (tertiary/aromatic N) is 3. The molecule has 0 bridgehead atoms. The number of halogens is 3. The van der Waals surface area contributed by atoms with Gasteiger partial charge in [0, 0.05) is 11.7 Å². The number of aromatic nitrogens is 2. The van der Waals surface area contributed by atoms with Crippen LogP contribution >= 0.6 is 0 Å². The topological polar surface area (TPSA) is 68.2 Å². The van der Waals surface area contributed by atoms with E-state index in [2.05, 4.69) is 15.4 Å². The SMILES string of the molecule is CCC(C)NC(N)=NCc1ccc(-n2nc(C)cc2C)cc1C(F)(F)F. The van der Waals surface area contributed by atoms with E-state index in [9.17, 15) is 13.2 Å². The number of nitrogens with two attached hydrogens (primary N) is 1. The molecule has 0 fully saturated rings. The van der Waals surface area contributed by atoms with Crippen LogP contribution in [-0.4, -0.2) is 21.8 Å². The van der Waals surface area contributed by atoms with Crippen molar-refractivity contribution < 1.29 is 13.2 Å². The van der Waals surface area contributed by atoms with Gasteiger partial charge in [0.2, 0.25) is 0 Å². The minimum atomic E-state index is -4.49. The smallest absolute Gasteiger partial charge is 0.370 e. The van der Waals surface area contributed by atoms with Crippen molar-refractivity contribution in [3.8, 4) is 5.69 Å². The number of hydrogen-bond donors (Lipinski definition) is 2. The van der Waals surface area contributed by atoms with Crippen molar-refractivity contribution in [2.45, 2.75) is 52.9 Å². The molecular weight excluding hydrogens is 343 g/mol. The molecule has 0 aliphatic carbocycles. The molecule has 0 amide bonds. The number of hydrogen-bond acceptors (Lipinski definition) is 2. The number of guanidine groups is 1. The van der Waals surface area contributed by atoms with Gasteiger partial charge in [0.15, 0.2) is 5.96 Å². The third kappa shape index (κ3) is 4.77. The average Bonchev–Trinajstić information content (AvgIpc) is 2.90. The Morgan fingerprint density at radius 3 is 2.54 bits per heavy atom. The van der Waals surface area contributed by atoms with E-state index in [-0.39, 0.29) is 24.1 Å². The summed E-state index contributed by atoms with van der Waals surface area (Å²) in [4.78, 5) is 4.04. The molecule has 1 aromatic carbocycles. The molecule has 0 saturated heterocycles. The second-order valence-corrected chi connectivity index (χ2v) is 6.33. The van der Waals surface area contributed by atoms with Crippen LogP contribution in [0, 0.1) is 13.8 Å². The van der Waals surface area contributed by atoms with Crippen LogP contribution in [0.2, 0.25) is 0 Å². The van der Waals surface area contributed by atoms with Crippen molar-refractivity contribution in [3.05, 3.63) is 46.8 Å². The standard InChI is InChI=1S/C18H24F3N5/c1-5-11(2)24-17(22)23-10-14-6-7-15(9-16(14)18(19,20)21)26-13(4)8-12(3)25-26/h6-9,11H,5,10H2,1-4H3,(H3,22,23,24). The molecule has 142 valence electrons. The van der Waals surface area contributed by atoms with Gasteiger partial charge < -0.3 is 11.1 Å². The van der Waals surface area contributed by atoms with Gasteiger partial charge in [-0.05, 0) is 51.0 Å². The van der Waals surface area contributed by atoms with Crippen LogP contribution in [0.1, 0.15) is 42.8 Å². The van der Waals surface area contributed by atoms with E-state index in [0.29, 0.717) is 5.69 Å². The Morgan fingerprint density at radius 1 is 1.31 bits per heavy atom. The molecule has 1 unspecified atom stereocenters. The summed E-state index contributed by atoms with van der Waals surface area (Å²) in [6, 6.07) is 6.05. The number of rotatable bonds is 5. The molecule has 1 aromatic heterocycles. The van der Waals surface area contributed by atoms with Gasteiger partial charge in [0.05, 0.1) is 23.5 Å². The van der Waals surface area contributed by atoms with E-state index >= 15 is 0 Å². The predicted octanol–water partition coefficient (Wildman–Crippen LogP) is 3.71. The summed E-state index contributed by atoms with van der Waals surface area (Å²) in [6.07, 6.45) is -3.66. The van der Waals surface area contributed by atoms with Crippen LogP contribution in [0.25, 0.3) is 5.69 Å². The maximum absolute atomic E-state index is 13.5. The Bertz CT molecular complexity index is 793. The summed E-state index contributed by atoms with van der Waals surface area (Å²) in [6.45, 7) is 7.34. The van der Waals surface area contributed by atoms with E-state index in [1.54, 1.807) is 19.9 Å². The molecule has 0 saturated carbocycles. The predicted molar refractivity (Wildman–Crippen MR) is 96.3 cm³/mol. The van der Waals surface area contributed by atoms with Gasteiger partial charge in [0.25, 0.3) is 0 Å². The minimum Gasteiger partial charge on any atom is -0.370 e. The van der Waals surface area contributed by atoms with Gasteiger partial charge in [0.1, 0.15) is 0 Å². The molecule has 3 N–H and O–H groups in total. The lowest BCUT2D eigenvalue weighted by atomic mass is 10.1. The third-order valence-corrected chi connectivity index (χ3v) is 4.08. The molecule has 0 aliphatic rings. The lowest BCUT2D eigenvalue weighted by molar-refractivity contribution is -0.138. The Kier molecular flexibility index (Phi) is 5.94. The van der Waals surface area contributed by atoms with Crippen molar-refractivity contribution >= 4 is 5.96 Å². The number of aliphatic imine (C=N–C) groups is 1. The van der Waals surface area contributed by atoms with Crippen LogP contribution in [0.3, 0.4) is 0 Å². The van der Waals surface area contributed by atoms with Crippen molar-refractivity contribution in [2.75, 3.05) is 0 Å². The summed E-state index contributed by atoms with van der Waals surface area (Å²) in [7, 11) is 0. The van der Waals surface area contributed by atoms with Crippen molar-refractivity contribution in [1.82, 2.24) is 15.1 Å². The fourth-order valence-electron chi connectivity index (χ4n) is 2.56. The molecule has 2 aromatic rings. The number of benzene rings is 1. The van der Waals surface area contributed by atoms with E-state index in [4.69, 9.17) is 5.73 Å². The number of aryl methyl sites for hydroxylation is 2. The van der Waals surface area contributed by atoms with Gasteiger partial charge in [-0.2, -0.15) is 18.3 Å². The summed E-state index contributed by atoms with van der Waals surface area (Å²) < 4.78 is 42.0. The first kappa shape index (κ1) is 19.8. The van der Waals surface area contributed by atoms with E-state index in [1.165, 1.54) is 10.7 Å². The van der Waals surface area contributed by atoms with Gasteiger partial charge in [-0.3, -0.25) is 0 Å². The van der Waals surface area contributed by atoms with Crippen LogP contribution < -0.4 is 11.1 Å². The molecule has 26 heavy (non-hydrogen) atoms. The maximum atomic E-state index is 13.5. The van der Waals surface area contributed by atoms with E-state index < -0.39 is 11.7 Å². The zero-order chi connectivity index (χ0) is 19.5. The molecule has 2 rings (SSSR count). The first-order valence-corrected chi connectivity index (χ1v) is 8.42. The lowest BCUT2D eigenvalue weighted by Gasteiger charge is -2.15. The summed E-state index contributed by atoms with van der Waals surface area (Å²) in [5.74, 6) is 0.134. The zero-order valence-electron chi connectivity index (χ0n) is 15.4. The Labute approximate surface area is 151 Å². The highest BCUT2D eigenvalue weighted by atomic mass is 19.4. The fraction of sp³-hybridized carbons (Fsp3) is 0.444. The van der Waals surface area contributed by atoms with Crippen molar-refractivity contribution in [1.29, 1.82) is 0 Å². The van der Waals surface area contributed by atoms with Gasteiger partial charge in [-0.15, -0.1) is 0 Å². The number of alkyl halides is 3. The maximum Gasteiger partial charge on any atom is 0.416 e. The average molecular weight is 367 g/mol. The molecule has 1 heterocycles. The van der Waals surface area contributed by atoms with Crippen molar-refractivity contribution in [2.24, 2.45) is 10.7 Å². The van der Waals surface area contributed by atoms with Crippen molar-refractivity contribution in [3.63, 3.8) is 0 Å². The molecule has 0 aliphatic heterocycles. The minimum absolute atomic E-state index is 0.0664. The summed E-state index contributed by atoms with van der Waals surface area (Å²) >= 11 is 0. The highest BCUT2D eigenvalue weighted by molar-refractivity contribution is 5.78. The highest BCUT2D eigenvalue weighted by Gasteiger charge is 2.33. The Morgan fingerprint density at radius 2 is 2.00 bits per heavy atom. The van der Waals surface area contributed by atoms with E-state index in [1.807, 2.05) is 19.9 Å². The normalized spacial score (nSPS) is 13.7. The first-order chi connectivity index (χ1) is 12.1. The number of nitrogens with one attached hydrogen (secondary N) is 1. The lowest BCUT2D eigenvalue weighted by Crippen LogP contribution is -2.38. The molecular formula is C18H24F3N5. The molecule has 1 atom stereocenters. The van der Waals surface area contributed by atoms with Crippen LogP contribution in [0.15, 0.2) is 29.3 Å². The summed E-state index contributed by atoms with van der Waals surface area (Å²) in [5, 5.41) is 7.18. The monoisotopic (exact) mass is 367 g/mol. The first-order valence-electron chi connectivity index (χ1n) is 8.42. The fourth-order valence-corrected chi connectivity index (χ4v) is 2.56. The summed E-state index contributed by atoms with van der Waals surface area (Å²) in [5.41, 5.74) is 6.95. The van der Waals surface area contributed by atoms with E-state index in [0.717, 1.165) is 23.9 Å².